The quantitative estimate of drug-likeness (QED) is 0.215. The fraction of sp³-hybridized carbons (Fsp3) is 0.562. The molecule has 5 rings (SSSR count). The summed E-state index contributed by atoms with van der Waals surface area (Å²) in [6.07, 6.45) is -1.10. The first kappa shape index (κ1) is 35.2. The Morgan fingerprint density at radius 3 is 2.49 bits per heavy atom. The second-order valence-electron chi connectivity index (χ2n) is 12.0. The molecule has 0 amide bonds. The molecule has 1 aliphatic carbocycles. The van der Waals surface area contributed by atoms with E-state index in [1.165, 1.54) is 6.92 Å². The van der Waals surface area contributed by atoms with Crippen LogP contribution >= 0.6 is 11.6 Å². The van der Waals surface area contributed by atoms with E-state index in [9.17, 15) is 31.1 Å². The average molecular weight is 690 g/mol. The lowest BCUT2D eigenvalue weighted by Crippen LogP contribution is -2.52. The molecule has 0 saturated carbocycles. The third kappa shape index (κ3) is 8.51. The molecule has 3 unspecified atom stereocenters. The highest BCUT2D eigenvalue weighted by molar-refractivity contribution is 6.31. The molecule has 0 N–H and O–H groups in total. The van der Waals surface area contributed by atoms with Crippen LogP contribution < -0.4 is 4.90 Å². The van der Waals surface area contributed by atoms with Crippen molar-refractivity contribution in [1.82, 2.24) is 19.6 Å². The summed E-state index contributed by atoms with van der Waals surface area (Å²) >= 11 is 6.44. The Morgan fingerprint density at radius 1 is 1.09 bits per heavy atom. The number of ether oxygens (including phenoxy) is 2. The van der Waals surface area contributed by atoms with Crippen LogP contribution in [0, 0.1) is 5.92 Å². The van der Waals surface area contributed by atoms with Gasteiger partial charge in [-0.05, 0) is 43.4 Å². The number of piperazine rings is 1. The SMILES string of the molecule is CCOC(=O)c1cnn(C2CCCN(c3cc(Cl)ccc3C3=CC(C)C(N4CCN(CCOC(F)(F)F)CC4)C=C3)C2)c1C(F)(F)F. The molecular weight excluding hydrogens is 652 g/mol. The molecule has 2 aromatic rings. The molecule has 0 bridgehead atoms. The van der Waals surface area contributed by atoms with Crippen molar-refractivity contribution >= 4 is 28.8 Å². The van der Waals surface area contributed by atoms with E-state index >= 15 is 0 Å². The molecule has 2 saturated heterocycles. The van der Waals surface area contributed by atoms with Crippen molar-refractivity contribution in [2.24, 2.45) is 5.92 Å². The first-order chi connectivity index (χ1) is 22.2. The maximum absolute atomic E-state index is 14.2. The number of carbonyl (C=O) groups excluding carboxylic acids is 1. The summed E-state index contributed by atoms with van der Waals surface area (Å²) in [4.78, 5) is 18.6. The number of hydrogen-bond acceptors (Lipinski definition) is 7. The van der Waals surface area contributed by atoms with Crippen molar-refractivity contribution in [3.8, 4) is 0 Å². The lowest BCUT2D eigenvalue weighted by atomic mass is 9.87. The van der Waals surface area contributed by atoms with Crippen LogP contribution in [0.5, 0.6) is 0 Å². The largest absolute Gasteiger partial charge is 0.522 e. The number of carbonyl (C=O) groups is 1. The van der Waals surface area contributed by atoms with Crippen molar-refractivity contribution in [2.45, 2.75) is 51.3 Å². The Hall–Kier alpha value is -3.07. The van der Waals surface area contributed by atoms with E-state index in [0.29, 0.717) is 50.6 Å². The smallest absolute Gasteiger partial charge is 0.462 e. The number of esters is 1. The number of alkyl halides is 6. The maximum Gasteiger partial charge on any atom is 0.522 e. The van der Waals surface area contributed by atoms with Crippen molar-refractivity contribution in [3.05, 3.63) is 64.5 Å². The van der Waals surface area contributed by atoms with Gasteiger partial charge in [-0.25, -0.2) is 4.79 Å². The van der Waals surface area contributed by atoms with Crippen LogP contribution in [0.4, 0.5) is 32.0 Å². The van der Waals surface area contributed by atoms with Crippen LogP contribution in [0.25, 0.3) is 5.57 Å². The Kier molecular flexibility index (Phi) is 10.9. The number of anilines is 1. The fourth-order valence-electron chi connectivity index (χ4n) is 6.69. The number of benzene rings is 1. The van der Waals surface area contributed by atoms with Gasteiger partial charge in [0.2, 0.25) is 0 Å². The second-order valence-corrected chi connectivity index (χ2v) is 12.4. The Bertz CT molecular complexity index is 1470. The van der Waals surface area contributed by atoms with Crippen molar-refractivity contribution in [1.29, 1.82) is 0 Å². The van der Waals surface area contributed by atoms with Gasteiger partial charge in [-0.3, -0.25) is 19.2 Å². The van der Waals surface area contributed by atoms with E-state index in [1.807, 2.05) is 28.0 Å². The van der Waals surface area contributed by atoms with Crippen LogP contribution in [0.1, 0.15) is 54.3 Å². The third-order valence-electron chi connectivity index (χ3n) is 8.87. The van der Waals surface area contributed by atoms with Gasteiger partial charge in [0, 0.05) is 68.1 Å². The summed E-state index contributed by atoms with van der Waals surface area (Å²) in [5.41, 5.74) is 0.949. The summed E-state index contributed by atoms with van der Waals surface area (Å²) in [6, 6.07) is 4.99. The van der Waals surface area contributed by atoms with Gasteiger partial charge in [0.15, 0.2) is 5.69 Å². The van der Waals surface area contributed by atoms with Gasteiger partial charge < -0.3 is 9.64 Å². The minimum Gasteiger partial charge on any atom is -0.462 e. The molecule has 1 aromatic heterocycles. The fourth-order valence-corrected chi connectivity index (χ4v) is 6.85. The molecule has 15 heteroatoms. The second kappa shape index (κ2) is 14.6. The van der Waals surface area contributed by atoms with E-state index in [0.717, 1.165) is 27.7 Å². The van der Waals surface area contributed by atoms with Gasteiger partial charge in [0.25, 0.3) is 0 Å². The minimum absolute atomic E-state index is 0.0550. The van der Waals surface area contributed by atoms with E-state index in [2.05, 4.69) is 33.8 Å². The van der Waals surface area contributed by atoms with Crippen molar-refractivity contribution in [2.75, 3.05) is 63.9 Å². The molecule has 0 spiro atoms. The number of nitrogens with zero attached hydrogens (tertiary/aromatic N) is 5. The van der Waals surface area contributed by atoms with Gasteiger partial charge in [-0.15, -0.1) is 13.2 Å². The van der Waals surface area contributed by atoms with Crippen LogP contribution in [0.15, 0.2) is 42.6 Å². The number of piperidine rings is 1. The summed E-state index contributed by atoms with van der Waals surface area (Å²) in [6.45, 7) is 6.94. The monoisotopic (exact) mass is 689 g/mol. The van der Waals surface area contributed by atoms with E-state index in [-0.39, 0.29) is 31.7 Å². The Labute approximate surface area is 274 Å². The number of aromatic nitrogens is 2. The number of halogens is 7. The summed E-state index contributed by atoms with van der Waals surface area (Å²) < 4.78 is 89.3. The zero-order valence-electron chi connectivity index (χ0n) is 26.2. The molecular formula is C32H38ClF6N5O3. The predicted octanol–water partition coefficient (Wildman–Crippen LogP) is 6.69. The predicted molar refractivity (Wildman–Crippen MR) is 165 cm³/mol. The van der Waals surface area contributed by atoms with E-state index in [1.54, 1.807) is 6.07 Å². The highest BCUT2D eigenvalue weighted by Crippen LogP contribution is 2.40. The zero-order valence-corrected chi connectivity index (χ0v) is 26.9. The number of allylic oxidation sites excluding steroid dienone is 2. The van der Waals surface area contributed by atoms with Crippen LogP contribution in [-0.4, -0.2) is 97.0 Å². The number of hydrogen-bond donors (Lipinski definition) is 0. The molecule has 1 aromatic carbocycles. The van der Waals surface area contributed by atoms with Gasteiger partial charge >= 0.3 is 18.5 Å². The van der Waals surface area contributed by atoms with Crippen molar-refractivity contribution in [3.63, 3.8) is 0 Å². The zero-order chi connectivity index (χ0) is 33.9. The molecule has 8 nitrogen and oxygen atoms in total. The number of rotatable bonds is 9. The van der Waals surface area contributed by atoms with Crippen LogP contribution in [0.2, 0.25) is 5.02 Å². The molecule has 0 radical (unpaired) electrons. The maximum atomic E-state index is 14.2. The van der Waals surface area contributed by atoms with Gasteiger partial charge in [0.05, 0.1) is 25.5 Å². The first-order valence-corrected chi connectivity index (χ1v) is 16.1. The topological polar surface area (TPSA) is 63.1 Å². The van der Waals surface area contributed by atoms with E-state index < -0.39 is 42.4 Å². The molecule has 3 heterocycles. The van der Waals surface area contributed by atoms with E-state index in [4.69, 9.17) is 16.3 Å². The van der Waals surface area contributed by atoms with Gasteiger partial charge in [-0.2, -0.15) is 18.3 Å². The first-order valence-electron chi connectivity index (χ1n) is 15.7. The highest BCUT2D eigenvalue weighted by atomic mass is 35.5. The lowest BCUT2D eigenvalue weighted by Gasteiger charge is -2.41. The van der Waals surface area contributed by atoms with Crippen molar-refractivity contribution < 1.29 is 40.6 Å². The lowest BCUT2D eigenvalue weighted by molar-refractivity contribution is -0.325. The third-order valence-corrected chi connectivity index (χ3v) is 9.10. The average Bonchev–Trinajstić information content (AvgIpc) is 3.48. The molecule has 3 aliphatic rings. The summed E-state index contributed by atoms with van der Waals surface area (Å²) in [5, 5.41) is 4.52. The normalized spacial score (nSPS) is 23.2. The molecule has 258 valence electrons. The van der Waals surface area contributed by atoms with Gasteiger partial charge in [-0.1, -0.05) is 42.8 Å². The molecule has 2 fully saturated rings. The Morgan fingerprint density at radius 2 is 1.83 bits per heavy atom. The molecule has 3 atom stereocenters. The van der Waals surface area contributed by atoms with Gasteiger partial charge in [0.1, 0.15) is 5.56 Å². The highest BCUT2D eigenvalue weighted by Gasteiger charge is 2.43. The summed E-state index contributed by atoms with van der Waals surface area (Å²) in [5.74, 6) is -0.941. The minimum atomic E-state index is -4.80. The Balaban J connectivity index is 1.30. The van der Waals surface area contributed by atoms with Crippen LogP contribution in [-0.2, 0) is 15.7 Å². The van der Waals surface area contributed by atoms with Crippen LogP contribution in [0.3, 0.4) is 0 Å². The summed E-state index contributed by atoms with van der Waals surface area (Å²) in [7, 11) is 0. The molecule has 2 aliphatic heterocycles. The molecule has 47 heavy (non-hydrogen) atoms. The standard InChI is InChI=1S/C32H38ClF6N5O3/c1-3-46-30(45)26-19-40-44(29(26)31(34,35)36)24-5-4-10-43(20-24)28-18-23(33)7-8-25(28)22-6-9-27(21(2)17-22)42-13-11-41(12-14-42)15-16-47-32(37,38)39/h6-9,17-19,21,24,27H,3-5,10-16,20H2,1-2H3.